The van der Waals surface area contributed by atoms with E-state index in [0.717, 1.165) is 0 Å². The maximum Gasteiger partial charge on any atom is 0.339 e. The Labute approximate surface area is 100 Å². The van der Waals surface area contributed by atoms with Crippen molar-refractivity contribution in [3.05, 3.63) is 17.5 Å². The van der Waals surface area contributed by atoms with E-state index in [4.69, 9.17) is 5.11 Å². The molecule has 1 aromatic rings. The second kappa shape index (κ2) is 4.87. The fourth-order valence-corrected chi connectivity index (χ4v) is 2.23. The van der Waals surface area contributed by atoms with Crippen LogP contribution in [0.3, 0.4) is 0 Å². The summed E-state index contributed by atoms with van der Waals surface area (Å²) in [6.07, 6.45) is 1.24. The number of aromatic carboxylic acids is 1. The zero-order valence-corrected chi connectivity index (χ0v) is 10.9. The van der Waals surface area contributed by atoms with Gasteiger partial charge in [-0.1, -0.05) is 0 Å². The van der Waals surface area contributed by atoms with Gasteiger partial charge in [-0.3, -0.25) is 4.68 Å². The van der Waals surface area contributed by atoms with Gasteiger partial charge in [0.25, 0.3) is 0 Å². The summed E-state index contributed by atoms with van der Waals surface area (Å²) in [4.78, 5) is 10.8. The number of aryl methyl sites for hydroxylation is 1. The topological polar surface area (TPSA) is 89.3 Å². The van der Waals surface area contributed by atoms with Crippen LogP contribution < -0.4 is 0 Å². The van der Waals surface area contributed by atoms with Gasteiger partial charge in [-0.25, -0.2) is 13.2 Å². The molecule has 0 fully saturated rings. The maximum atomic E-state index is 11.6. The van der Waals surface area contributed by atoms with E-state index in [-0.39, 0.29) is 17.9 Å². The first-order valence-electron chi connectivity index (χ1n) is 5.23. The van der Waals surface area contributed by atoms with Gasteiger partial charge in [0.15, 0.2) is 9.84 Å². The molecule has 0 radical (unpaired) electrons. The van der Waals surface area contributed by atoms with Crippen LogP contribution >= 0.6 is 0 Å². The molecule has 0 saturated heterocycles. The van der Waals surface area contributed by atoms with Gasteiger partial charge in [0.05, 0.1) is 23.7 Å². The lowest BCUT2D eigenvalue weighted by atomic mass is 10.3. The average Bonchev–Trinajstić information content (AvgIpc) is 2.56. The fourth-order valence-electron chi connectivity index (χ4n) is 1.33. The summed E-state index contributed by atoms with van der Waals surface area (Å²) in [5, 5.41) is 12.3. The van der Waals surface area contributed by atoms with Crippen molar-refractivity contribution in [3.8, 4) is 0 Å². The second-order valence-electron chi connectivity index (χ2n) is 4.09. The highest BCUT2D eigenvalue weighted by atomic mass is 32.2. The molecule has 17 heavy (non-hydrogen) atoms. The number of hydrogen-bond donors (Lipinski definition) is 1. The van der Waals surface area contributed by atoms with E-state index in [1.165, 1.54) is 10.9 Å². The molecule has 1 heterocycles. The Hall–Kier alpha value is -1.37. The number of nitrogens with zero attached hydrogens (tertiary/aromatic N) is 2. The Morgan fingerprint density at radius 1 is 1.53 bits per heavy atom. The molecule has 1 aromatic heterocycles. The van der Waals surface area contributed by atoms with Crippen LogP contribution in [0.25, 0.3) is 0 Å². The Morgan fingerprint density at radius 2 is 2.12 bits per heavy atom. The summed E-state index contributed by atoms with van der Waals surface area (Å²) < 4.78 is 24.6. The quantitative estimate of drug-likeness (QED) is 0.842. The highest BCUT2D eigenvalue weighted by Gasteiger charge is 2.18. The van der Waals surface area contributed by atoms with Gasteiger partial charge in [-0.15, -0.1) is 0 Å². The third kappa shape index (κ3) is 3.06. The third-order valence-electron chi connectivity index (χ3n) is 2.64. The zero-order valence-electron chi connectivity index (χ0n) is 10.0. The first-order valence-corrected chi connectivity index (χ1v) is 6.94. The van der Waals surface area contributed by atoms with Crippen molar-refractivity contribution in [1.29, 1.82) is 0 Å². The molecule has 0 amide bonds. The van der Waals surface area contributed by atoms with E-state index >= 15 is 0 Å². The van der Waals surface area contributed by atoms with Crippen molar-refractivity contribution in [1.82, 2.24) is 9.78 Å². The minimum atomic E-state index is -3.13. The Bertz CT molecular complexity index is 516. The van der Waals surface area contributed by atoms with E-state index in [1.807, 2.05) is 0 Å². The van der Waals surface area contributed by atoms with Crippen molar-refractivity contribution in [2.24, 2.45) is 0 Å². The smallest absolute Gasteiger partial charge is 0.339 e. The summed E-state index contributed by atoms with van der Waals surface area (Å²) in [5.41, 5.74) is 0.573. The molecular weight excluding hydrogens is 244 g/mol. The van der Waals surface area contributed by atoms with Gasteiger partial charge >= 0.3 is 5.97 Å². The van der Waals surface area contributed by atoms with Crippen LogP contribution in [-0.4, -0.2) is 40.3 Å². The molecule has 0 atom stereocenters. The van der Waals surface area contributed by atoms with Crippen molar-refractivity contribution in [2.75, 3.05) is 5.75 Å². The molecule has 1 rings (SSSR count). The van der Waals surface area contributed by atoms with Gasteiger partial charge in [0.2, 0.25) is 0 Å². The number of sulfone groups is 1. The first-order chi connectivity index (χ1) is 7.75. The number of rotatable bonds is 5. The summed E-state index contributed by atoms with van der Waals surface area (Å²) in [5.74, 6) is -1.09. The molecule has 0 spiro atoms. The van der Waals surface area contributed by atoms with Gasteiger partial charge < -0.3 is 5.11 Å². The molecule has 6 nitrogen and oxygen atoms in total. The molecule has 0 aliphatic heterocycles. The number of aromatic nitrogens is 2. The molecule has 7 heteroatoms. The number of hydrogen-bond acceptors (Lipinski definition) is 4. The van der Waals surface area contributed by atoms with Crippen molar-refractivity contribution >= 4 is 15.8 Å². The van der Waals surface area contributed by atoms with Crippen LogP contribution in [0.15, 0.2) is 6.20 Å². The van der Waals surface area contributed by atoms with Crippen molar-refractivity contribution < 1.29 is 18.3 Å². The minimum absolute atomic E-state index is 0.0355. The standard InChI is InChI=1S/C10H16N2O4S/c1-7(2)17(15,16)5-4-12-8(3)9(6-11-12)10(13)14/h6-7H,4-5H2,1-3H3,(H,13,14). The molecule has 0 unspecified atom stereocenters. The highest BCUT2D eigenvalue weighted by molar-refractivity contribution is 7.91. The van der Waals surface area contributed by atoms with E-state index in [2.05, 4.69) is 5.10 Å². The van der Waals surface area contributed by atoms with E-state index in [0.29, 0.717) is 5.69 Å². The third-order valence-corrected chi connectivity index (χ3v) is 4.83. The highest BCUT2D eigenvalue weighted by Crippen LogP contribution is 2.08. The lowest BCUT2D eigenvalue weighted by molar-refractivity contribution is 0.0696. The molecule has 0 aliphatic rings. The Balaban J connectivity index is 2.81. The summed E-state index contributed by atoms with van der Waals surface area (Å²) in [6, 6.07) is 0. The monoisotopic (exact) mass is 260 g/mol. The van der Waals surface area contributed by atoms with E-state index in [9.17, 15) is 13.2 Å². The van der Waals surface area contributed by atoms with Crippen LogP contribution in [0.2, 0.25) is 0 Å². The van der Waals surface area contributed by atoms with Crippen LogP contribution in [0.5, 0.6) is 0 Å². The fraction of sp³-hybridized carbons (Fsp3) is 0.600. The molecule has 0 aliphatic carbocycles. The van der Waals surface area contributed by atoms with Crippen LogP contribution in [-0.2, 0) is 16.4 Å². The van der Waals surface area contributed by atoms with Gasteiger partial charge in [0.1, 0.15) is 5.56 Å². The molecule has 0 saturated carbocycles. The minimum Gasteiger partial charge on any atom is -0.478 e. The molecular formula is C10H16N2O4S. The predicted octanol–water partition coefficient (Wildman–Crippen LogP) is 0.713. The normalized spacial score (nSPS) is 12.0. The number of carbonyl (C=O) groups is 1. The zero-order chi connectivity index (χ0) is 13.2. The van der Waals surface area contributed by atoms with Crippen molar-refractivity contribution in [3.63, 3.8) is 0 Å². The first kappa shape index (κ1) is 13.7. The number of carboxylic acid groups (broad SMARTS) is 1. The molecule has 96 valence electrons. The van der Waals surface area contributed by atoms with Crippen LogP contribution in [0.1, 0.15) is 29.9 Å². The Morgan fingerprint density at radius 3 is 2.53 bits per heavy atom. The average molecular weight is 260 g/mol. The summed E-state index contributed by atoms with van der Waals surface area (Å²) in [6.45, 7) is 5.03. The Kier molecular flexibility index (Phi) is 3.92. The van der Waals surface area contributed by atoms with Crippen LogP contribution in [0, 0.1) is 6.92 Å². The predicted molar refractivity (Wildman–Crippen MR) is 62.8 cm³/mol. The van der Waals surface area contributed by atoms with Gasteiger partial charge in [-0.05, 0) is 20.8 Å². The largest absolute Gasteiger partial charge is 0.478 e. The van der Waals surface area contributed by atoms with Crippen molar-refractivity contribution in [2.45, 2.75) is 32.6 Å². The molecule has 0 aromatic carbocycles. The SMILES string of the molecule is Cc1c(C(=O)O)cnn1CCS(=O)(=O)C(C)C. The van der Waals surface area contributed by atoms with Crippen LogP contribution in [0.4, 0.5) is 0 Å². The van der Waals surface area contributed by atoms with Gasteiger partial charge in [0, 0.05) is 5.69 Å². The lowest BCUT2D eigenvalue weighted by Crippen LogP contribution is -2.22. The second-order valence-corrected chi connectivity index (χ2v) is 6.76. The summed E-state index contributed by atoms with van der Waals surface area (Å²) in [7, 11) is -3.13. The van der Waals surface area contributed by atoms with E-state index in [1.54, 1.807) is 20.8 Å². The summed E-state index contributed by atoms with van der Waals surface area (Å²) >= 11 is 0. The maximum absolute atomic E-state index is 11.6. The molecule has 0 bridgehead atoms. The number of carboxylic acids is 1. The lowest BCUT2D eigenvalue weighted by Gasteiger charge is -2.08. The van der Waals surface area contributed by atoms with Gasteiger partial charge in [-0.2, -0.15) is 5.10 Å². The molecule has 1 N–H and O–H groups in total. The van der Waals surface area contributed by atoms with E-state index < -0.39 is 21.1 Å².